The minimum absolute atomic E-state index is 0.610. The van der Waals surface area contributed by atoms with E-state index in [1.165, 1.54) is 11.3 Å². The summed E-state index contributed by atoms with van der Waals surface area (Å²) in [7, 11) is 0. The maximum absolute atomic E-state index is 4.35. The first-order valence-electron chi connectivity index (χ1n) is 5.45. The Balaban J connectivity index is 1.97. The number of thiazole rings is 1. The Hall–Kier alpha value is -0.190. The monoisotopic (exact) mass is 373 g/mol. The Labute approximate surface area is 123 Å². The maximum Gasteiger partial charge on any atom is 0.0794 e. The van der Waals surface area contributed by atoms with Crippen LogP contribution >= 0.6 is 43.2 Å². The van der Waals surface area contributed by atoms with Crippen LogP contribution in [-0.4, -0.2) is 10.3 Å². The van der Waals surface area contributed by atoms with Gasteiger partial charge in [0.2, 0.25) is 0 Å². The number of hydrogen-bond acceptors (Lipinski definition) is 2. The first kappa shape index (κ1) is 13.2. The Bertz CT molecular complexity index is 439. The minimum atomic E-state index is 0.610. The van der Waals surface area contributed by atoms with Gasteiger partial charge in [-0.2, -0.15) is 0 Å². The molecule has 0 saturated heterocycles. The fourth-order valence-corrected chi connectivity index (χ4v) is 3.06. The van der Waals surface area contributed by atoms with Crippen LogP contribution in [0.2, 0.25) is 0 Å². The summed E-state index contributed by atoms with van der Waals surface area (Å²) in [5, 5.41) is 3.15. The van der Waals surface area contributed by atoms with Gasteiger partial charge in [-0.05, 0) is 36.5 Å². The fourth-order valence-electron chi connectivity index (χ4n) is 1.77. The highest BCUT2D eigenvalue weighted by atomic mass is 79.9. The average molecular weight is 375 g/mol. The van der Waals surface area contributed by atoms with Crippen LogP contribution in [0.25, 0.3) is 0 Å². The van der Waals surface area contributed by atoms with E-state index in [4.69, 9.17) is 0 Å². The lowest BCUT2D eigenvalue weighted by Crippen LogP contribution is -2.10. The number of nitrogens with zero attached hydrogens (tertiary/aromatic N) is 1. The van der Waals surface area contributed by atoms with Gasteiger partial charge in [0.1, 0.15) is 0 Å². The van der Waals surface area contributed by atoms with Crippen LogP contribution < -0.4 is 0 Å². The number of hydrogen-bond donors (Lipinski definition) is 0. The molecule has 0 aliphatic rings. The lowest BCUT2D eigenvalue weighted by atomic mass is 9.97. The van der Waals surface area contributed by atoms with E-state index in [-0.39, 0.29) is 0 Å². The molecule has 90 valence electrons. The lowest BCUT2D eigenvalue weighted by Gasteiger charge is -2.12. The molecule has 0 spiro atoms. The van der Waals surface area contributed by atoms with Crippen molar-refractivity contribution in [2.45, 2.75) is 12.8 Å². The molecule has 2 aromatic rings. The molecule has 0 bridgehead atoms. The summed E-state index contributed by atoms with van der Waals surface area (Å²) in [5.74, 6) is 0.610. The van der Waals surface area contributed by atoms with E-state index in [1.807, 2.05) is 5.51 Å². The average Bonchev–Trinajstić information content (AvgIpc) is 2.84. The van der Waals surface area contributed by atoms with Gasteiger partial charge in [0, 0.05) is 15.2 Å². The summed E-state index contributed by atoms with van der Waals surface area (Å²) in [4.78, 5) is 4.35. The van der Waals surface area contributed by atoms with Gasteiger partial charge in [-0.15, -0.1) is 11.3 Å². The number of aromatic nitrogens is 1. The molecule has 1 nitrogen and oxygen atoms in total. The van der Waals surface area contributed by atoms with E-state index < -0.39 is 0 Å². The number of benzene rings is 1. The predicted octanol–water partition coefficient (Wildman–Crippen LogP) is 4.70. The quantitative estimate of drug-likeness (QED) is 0.691. The van der Waals surface area contributed by atoms with Gasteiger partial charge in [0.25, 0.3) is 0 Å². The highest BCUT2D eigenvalue weighted by Crippen LogP contribution is 2.18. The standard InChI is InChI=1S/C13H13Br2NS/c14-7-11(6-13-8-17-9-16-13)5-10-1-3-12(15)4-2-10/h1-4,8-9,11H,5-7H2. The zero-order valence-electron chi connectivity index (χ0n) is 9.27. The van der Waals surface area contributed by atoms with Crippen molar-refractivity contribution >= 4 is 43.2 Å². The molecule has 0 fully saturated rings. The molecule has 0 N–H and O–H groups in total. The lowest BCUT2D eigenvalue weighted by molar-refractivity contribution is 0.584. The molecule has 0 aliphatic carbocycles. The molecule has 4 heteroatoms. The molecule has 1 atom stereocenters. The van der Waals surface area contributed by atoms with Gasteiger partial charge in [-0.1, -0.05) is 44.0 Å². The van der Waals surface area contributed by atoms with E-state index >= 15 is 0 Å². The van der Waals surface area contributed by atoms with Gasteiger partial charge in [0.05, 0.1) is 11.2 Å². The molecule has 1 aromatic heterocycles. The third kappa shape index (κ3) is 4.19. The van der Waals surface area contributed by atoms with Crippen LogP contribution in [0.4, 0.5) is 0 Å². The van der Waals surface area contributed by atoms with Crippen molar-refractivity contribution in [1.29, 1.82) is 0 Å². The molecule has 0 radical (unpaired) electrons. The third-order valence-corrected chi connectivity index (χ3v) is 4.72. The molecule has 1 unspecified atom stereocenters. The second-order valence-corrected chi connectivity index (χ2v) is 6.32. The van der Waals surface area contributed by atoms with E-state index in [9.17, 15) is 0 Å². The highest BCUT2D eigenvalue weighted by Gasteiger charge is 2.10. The summed E-state index contributed by atoms with van der Waals surface area (Å²) in [6, 6.07) is 8.56. The first-order chi connectivity index (χ1) is 8.28. The Kier molecular flexibility index (Phi) is 5.19. The van der Waals surface area contributed by atoms with Crippen LogP contribution in [0.5, 0.6) is 0 Å². The summed E-state index contributed by atoms with van der Waals surface area (Å²) < 4.78 is 1.14. The van der Waals surface area contributed by atoms with Gasteiger partial charge in [-0.25, -0.2) is 4.98 Å². The summed E-state index contributed by atoms with van der Waals surface area (Å²) in [6.07, 6.45) is 2.14. The molecule has 1 aromatic carbocycles. The Morgan fingerprint density at radius 3 is 2.53 bits per heavy atom. The van der Waals surface area contributed by atoms with Gasteiger partial charge in [-0.3, -0.25) is 0 Å². The summed E-state index contributed by atoms with van der Waals surface area (Å²) in [6.45, 7) is 0. The fraction of sp³-hybridized carbons (Fsp3) is 0.308. The van der Waals surface area contributed by atoms with E-state index in [0.29, 0.717) is 5.92 Å². The van der Waals surface area contributed by atoms with E-state index in [0.717, 1.165) is 22.6 Å². The van der Waals surface area contributed by atoms with Crippen LogP contribution in [0.15, 0.2) is 39.6 Å². The zero-order valence-corrected chi connectivity index (χ0v) is 13.3. The van der Waals surface area contributed by atoms with Crippen molar-refractivity contribution in [3.05, 3.63) is 50.9 Å². The SMILES string of the molecule is BrCC(Cc1ccc(Br)cc1)Cc1cscn1. The van der Waals surface area contributed by atoms with E-state index in [1.54, 1.807) is 11.3 Å². The van der Waals surface area contributed by atoms with Crippen molar-refractivity contribution in [3.8, 4) is 0 Å². The smallest absolute Gasteiger partial charge is 0.0794 e. The van der Waals surface area contributed by atoms with Crippen molar-refractivity contribution in [3.63, 3.8) is 0 Å². The van der Waals surface area contributed by atoms with Gasteiger partial charge < -0.3 is 0 Å². The van der Waals surface area contributed by atoms with Crippen LogP contribution in [0.1, 0.15) is 11.3 Å². The molecular weight excluding hydrogens is 362 g/mol. The third-order valence-electron chi connectivity index (χ3n) is 2.64. The molecule has 17 heavy (non-hydrogen) atoms. The molecular formula is C13H13Br2NS. The highest BCUT2D eigenvalue weighted by molar-refractivity contribution is 9.10. The minimum Gasteiger partial charge on any atom is -0.250 e. The van der Waals surface area contributed by atoms with Crippen molar-refractivity contribution in [2.75, 3.05) is 5.33 Å². The Morgan fingerprint density at radius 2 is 1.94 bits per heavy atom. The number of halogens is 2. The number of alkyl halides is 1. The molecule has 0 saturated carbocycles. The maximum atomic E-state index is 4.35. The number of rotatable bonds is 5. The first-order valence-corrected chi connectivity index (χ1v) is 8.31. The molecule has 0 amide bonds. The van der Waals surface area contributed by atoms with Gasteiger partial charge >= 0.3 is 0 Å². The molecule has 1 heterocycles. The zero-order chi connectivity index (χ0) is 12.1. The van der Waals surface area contributed by atoms with Crippen LogP contribution in [0, 0.1) is 5.92 Å². The Morgan fingerprint density at radius 1 is 1.18 bits per heavy atom. The van der Waals surface area contributed by atoms with Crippen LogP contribution in [0.3, 0.4) is 0 Å². The predicted molar refractivity (Wildman–Crippen MR) is 80.9 cm³/mol. The second kappa shape index (κ2) is 6.66. The summed E-state index contributed by atoms with van der Waals surface area (Å²) in [5.41, 5.74) is 4.49. The van der Waals surface area contributed by atoms with Crippen molar-refractivity contribution < 1.29 is 0 Å². The molecule has 0 aliphatic heterocycles. The largest absolute Gasteiger partial charge is 0.250 e. The normalized spacial score (nSPS) is 12.6. The summed E-state index contributed by atoms with van der Waals surface area (Å²) >= 11 is 8.73. The van der Waals surface area contributed by atoms with E-state index in [2.05, 4.69) is 66.5 Å². The van der Waals surface area contributed by atoms with Crippen LogP contribution in [-0.2, 0) is 12.8 Å². The molecule has 2 rings (SSSR count). The van der Waals surface area contributed by atoms with Crippen molar-refractivity contribution in [2.24, 2.45) is 5.92 Å². The topological polar surface area (TPSA) is 12.9 Å². The van der Waals surface area contributed by atoms with Gasteiger partial charge in [0.15, 0.2) is 0 Å². The van der Waals surface area contributed by atoms with Crippen molar-refractivity contribution in [1.82, 2.24) is 4.98 Å². The second-order valence-electron chi connectivity index (χ2n) is 4.03.